The molecule has 3 aromatic rings. The molecular weight excluding hydrogens is 468 g/mol. The standard InChI is InChI=1S/C22H25BrN2O4S/c1-15-9-11-16(12-10-15)30(27,28)24-14-13-18-17-7-5-6-8-19(17)25(20(18)23)21(26)29-22(2,3)4/h5-12,24H,13-14H2,1-4H3. The Morgan fingerprint density at radius 2 is 1.73 bits per heavy atom. The Labute approximate surface area is 185 Å². The smallest absolute Gasteiger partial charge is 0.419 e. The van der Waals surface area contributed by atoms with E-state index in [0.29, 0.717) is 16.5 Å². The Balaban J connectivity index is 1.85. The van der Waals surface area contributed by atoms with Crippen LogP contribution in [-0.2, 0) is 21.2 Å². The molecule has 0 saturated carbocycles. The summed E-state index contributed by atoms with van der Waals surface area (Å²) in [4.78, 5) is 13.0. The van der Waals surface area contributed by atoms with Gasteiger partial charge in [0.2, 0.25) is 10.0 Å². The third-order valence-corrected chi connectivity index (χ3v) is 6.80. The Bertz CT molecular complexity index is 1180. The summed E-state index contributed by atoms with van der Waals surface area (Å²) in [5, 5.41) is 0.866. The second kappa shape index (κ2) is 8.53. The molecule has 0 aliphatic rings. The number of aromatic nitrogens is 1. The van der Waals surface area contributed by atoms with Gasteiger partial charge in [0, 0.05) is 11.9 Å². The van der Waals surface area contributed by atoms with Gasteiger partial charge in [-0.05, 0) is 73.8 Å². The SMILES string of the molecule is Cc1ccc(S(=O)(=O)NCCc2c(Br)n(C(=O)OC(C)(C)C)c3ccccc23)cc1. The number of carbonyl (C=O) groups excluding carboxylic acids is 1. The van der Waals surface area contributed by atoms with Gasteiger partial charge in [-0.2, -0.15) is 0 Å². The van der Waals surface area contributed by atoms with Gasteiger partial charge >= 0.3 is 6.09 Å². The van der Waals surface area contributed by atoms with Crippen molar-refractivity contribution in [2.24, 2.45) is 0 Å². The molecule has 6 nitrogen and oxygen atoms in total. The van der Waals surface area contributed by atoms with E-state index < -0.39 is 21.7 Å². The number of fused-ring (bicyclic) bond motifs is 1. The van der Waals surface area contributed by atoms with Crippen LogP contribution in [0.4, 0.5) is 4.79 Å². The molecule has 30 heavy (non-hydrogen) atoms. The van der Waals surface area contributed by atoms with Crippen LogP contribution in [0.5, 0.6) is 0 Å². The van der Waals surface area contributed by atoms with Gasteiger partial charge in [-0.3, -0.25) is 0 Å². The topological polar surface area (TPSA) is 77.4 Å². The van der Waals surface area contributed by atoms with E-state index in [-0.39, 0.29) is 11.4 Å². The normalized spacial score (nSPS) is 12.3. The third-order valence-electron chi connectivity index (χ3n) is 4.49. The van der Waals surface area contributed by atoms with E-state index in [1.54, 1.807) is 24.3 Å². The van der Waals surface area contributed by atoms with Crippen molar-refractivity contribution in [3.05, 3.63) is 64.3 Å². The zero-order valence-corrected chi connectivity index (χ0v) is 19.8. The number of hydrogen-bond acceptors (Lipinski definition) is 4. The van der Waals surface area contributed by atoms with E-state index >= 15 is 0 Å². The van der Waals surface area contributed by atoms with E-state index in [1.165, 1.54) is 4.57 Å². The molecule has 0 unspecified atom stereocenters. The van der Waals surface area contributed by atoms with Crippen molar-refractivity contribution in [2.75, 3.05) is 6.54 Å². The largest absolute Gasteiger partial charge is 0.443 e. The summed E-state index contributed by atoms with van der Waals surface area (Å²) in [6.07, 6.45) is -0.0841. The Morgan fingerprint density at radius 3 is 2.37 bits per heavy atom. The maximum Gasteiger partial charge on any atom is 0.419 e. The van der Waals surface area contributed by atoms with Gasteiger partial charge in [0.1, 0.15) is 5.60 Å². The number of hydrogen-bond donors (Lipinski definition) is 1. The predicted octanol–water partition coefficient (Wildman–Crippen LogP) is 5.02. The highest BCUT2D eigenvalue weighted by atomic mass is 79.9. The monoisotopic (exact) mass is 492 g/mol. The third kappa shape index (κ3) is 4.94. The number of carbonyl (C=O) groups is 1. The number of para-hydroxylation sites is 1. The van der Waals surface area contributed by atoms with Gasteiger partial charge in [0.25, 0.3) is 0 Å². The first-order valence-electron chi connectivity index (χ1n) is 9.57. The number of ether oxygens (including phenoxy) is 1. The van der Waals surface area contributed by atoms with Crippen LogP contribution in [-0.4, -0.2) is 31.2 Å². The van der Waals surface area contributed by atoms with E-state index in [4.69, 9.17) is 4.74 Å². The van der Waals surface area contributed by atoms with Gasteiger partial charge in [-0.1, -0.05) is 35.9 Å². The molecule has 3 rings (SSSR count). The van der Waals surface area contributed by atoms with Crippen LogP contribution >= 0.6 is 15.9 Å². The molecule has 0 radical (unpaired) electrons. The van der Waals surface area contributed by atoms with Crippen molar-refractivity contribution < 1.29 is 17.9 Å². The molecule has 0 aliphatic carbocycles. The average Bonchev–Trinajstić information content (AvgIpc) is 2.92. The van der Waals surface area contributed by atoms with Crippen LogP contribution in [0.15, 0.2) is 58.0 Å². The molecule has 0 spiro atoms. The van der Waals surface area contributed by atoms with Gasteiger partial charge < -0.3 is 4.74 Å². The molecule has 0 aliphatic heterocycles. The lowest BCUT2D eigenvalue weighted by Gasteiger charge is -2.20. The van der Waals surface area contributed by atoms with Crippen LogP contribution in [0, 0.1) is 6.92 Å². The Morgan fingerprint density at radius 1 is 1.10 bits per heavy atom. The zero-order chi connectivity index (χ0) is 22.1. The number of nitrogens with one attached hydrogen (secondary N) is 1. The molecule has 1 aromatic heterocycles. The van der Waals surface area contributed by atoms with Crippen molar-refractivity contribution in [3.8, 4) is 0 Å². The first-order valence-corrected chi connectivity index (χ1v) is 11.8. The van der Waals surface area contributed by atoms with Crippen molar-refractivity contribution >= 4 is 42.9 Å². The highest BCUT2D eigenvalue weighted by Crippen LogP contribution is 2.31. The minimum Gasteiger partial charge on any atom is -0.443 e. The molecule has 1 heterocycles. The number of rotatable bonds is 5. The van der Waals surface area contributed by atoms with Crippen molar-refractivity contribution in [1.82, 2.24) is 9.29 Å². The highest BCUT2D eigenvalue weighted by molar-refractivity contribution is 9.10. The summed E-state index contributed by atoms with van der Waals surface area (Å²) in [6, 6.07) is 14.2. The maximum absolute atomic E-state index is 12.8. The lowest BCUT2D eigenvalue weighted by molar-refractivity contribution is 0.0541. The first-order chi connectivity index (χ1) is 14.0. The van der Waals surface area contributed by atoms with Gasteiger partial charge in [0.15, 0.2) is 0 Å². The van der Waals surface area contributed by atoms with Gasteiger partial charge in [-0.25, -0.2) is 22.5 Å². The van der Waals surface area contributed by atoms with E-state index in [2.05, 4.69) is 20.7 Å². The fourth-order valence-corrected chi connectivity index (χ4v) is 4.89. The number of halogens is 1. The fraction of sp³-hybridized carbons (Fsp3) is 0.318. The summed E-state index contributed by atoms with van der Waals surface area (Å²) >= 11 is 3.52. The molecular formula is C22H25BrN2O4S. The summed E-state index contributed by atoms with van der Waals surface area (Å²) in [5.41, 5.74) is 1.90. The fourth-order valence-electron chi connectivity index (χ4n) is 3.11. The maximum atomic E-state index is 12.8. The quantitative estimate of drug-likeness (QED) is 0.542. The van der Waals surface area contributed by atoms with Gasteiger partial charge in [-0.15, -0.1) is 0 Å². The predicted molar refractivity (Wildman–Crippen MR) is 121 cm³/mol. The summed E-state index contributed by atoms with van der Waals surface area (Å²) in [6.45, 7) is 7.53. The zero-order valence-electron chi connectivity index (χ0n) is 17.4. The molecule has 0 bridgehead atoms. The minimum absolute atomic E-state index is 0.192. The van der Waals surface area contributed by atoms with E-state index in [1.807, 2.05) is 52.0 Å². The molecule has 8 heteroatoms. The molecule has 0 saturated heterocycles. The van der Waals surface area contributed by atoms with E-state index in [0.717, 1.165) is 16.5 Å². The van der Waals surface area contributed by atoms with Crippen LogP contribution in [0.25, 0.3) is 10.9 Å². The molecule has 0 fully saturated rings. The number of sulfonamides is 1. The average molecular weight is 493 g/mol. The molecule has 1 N–H and O–H groups in total. The minimum atomic E-state index is -3.61. The molecule has 160 valence electrons. The lowest BCUT2D eigenvalue weighted by atomic mass is 10.1. The van der Waals surface area contributed by atoms with Crippen molar-refractivity contribution in [3.63, 3.8) is 0 Å². The first kappa shape index (κ1) is 22.5. The van der Waals surface area contributed by atoms with Crippen LogP contribution in [0.1, 0.15) is 31.9 Å². The van der Waals surface area contributed by atoms with Crippen molar-refractivity contribution in [1.29, 1.82) is 0 Å². The molecule has 0 atom stereocenters. The number of nitrogens with zero attached hydrogens (tertiary/aromatic N) is 1. The second-order valence-corrected chi connectivity index (χ2v) is 10.6. The Hall–Kier alpha value is -2.16. The van der Waals surface area contributed by atoms with Crippen LogP contribution < -0.4 is 4.72 Å². The lowest BCUT2D eigenvalue weighted by Crippen LogP contribution is -2.27. The Kier molecular flexibility index (Phi) is 6.40. The van der Waals surface area contributed by atoms with E-state index in [9.17, 15) is 13.2 Å². The van der Waals surface area contributed by atoms with Crippen LogP contribution in [0.2, 0.25) is 0 Å². The van der Waals surface area contributed by atoms with Crippen LogP contribution in [0.3, 0.4) is 0 Å². The highest BCUT2D eigenvalue weighted by Gasteiger charge is 2.24. The van der Waals surface area contributed by atoms with Crippen molar-refractivity contribution in [2.45, 2.75) is 44.6 Å². The summed E-state index contributed by atoms with van der Waals surface area (Å²) < 4.78 is 35.3. The number of benzene rings is 2. The molecule has 2 aromatic carbocycles. The van der Waals surface area contributed by atoms with Gasteiger partial charge in [0.05, 0.1) is 15.0 Å². The molecule has 0 amide bonds. The summed E-state index contributed by atoms with van der Waals surface area (Å²) in [5.74, 6) is 0. The number of aryl methyl sites for hydroxylation is 1. The summed E-state index contributed by atoms with van der Waals surface area (Å²) in [7, 11) is -3.61. The second-order valence-electron chi connectivity index (χ2n) is 8.06.